The molecule has 0 saturated heterocycles. The minimum absolute atomic E-state index is 0.0133. The molecule has 0 unspecified atom stereocenters. The number of hydrogen-bond acceptors (Lipinski definition) is 6. The van der Waals surface area contributed by atoms with Gasteiger partial charge in [-0.2, -0.15) is 0 Å². The van der Waals surface area contributed by atoms with Crippen molar-refractivity contribution in [2.24, 2.45) is 5.92 Å². The van der Waals surface area contributed by atoms with E-state index in [1.807, 2.05) is 0 Å². The lowest BCUT2D eigenvalue weighted by Gasteiger charge is -2.14. The number of aliphatic carboxylic acids is 1. The molecule has 0 amide bonds. The number of carboxylic acid groups (broad SMARTS) is 1. The zero-order valence-corrected chi connectivity index (χ0v) is 15.9. The van der Waals surface area contributed by atoms with Crippen molar-refractivity contribution < 1.29 is 33.4 Å². The lowest BCUT2D eigenvalue weighted by atomic mass is 9.88. The summed E-state index contributed by atoms with van der Waals surface area (Å²) in [7, 11) is 0. The predicted octanol–water partition coefficient (Wildman–Crippen LogP) is 3.26. The second-order valence-corrected chi connectivity index (χ2v) is 7.34. The lowest BCUT2D eigenvalue weighted by Crippen LogP contribution is -2.25. The molecule has 142 valence electrons. The van der Waals surface area contributed by atoms with Gasteiger partial charge in [0.1, 0.15) is 12.0 Å². The quantitative estimate of drug-likeness (QED) is 0.537. The van der Waals surface area contributed by atoms with Crippen LogP contribution in [-0.4, -0.2) is 35.0 Å². The summed E-state index contributed by atoms with van der Waals surface area (Å²) in [5.41, 5.74) is 0.655. The number of carbonyl (C=O) groups excluding carboxylic acids is 3. The van der Waals surface area contributed by atoms with Crippen LogP contribution >= 0.6 is 15.9 Å². The maximum Gasteiger partial charge on any atom is 0.341 e. The fourth-order valence-corrected chi connectivity index (χ4v) is 3.91. The van der Waals surface area contributed by atoms with E-state index in [0.717, 1.165) is 12.8 Å². The van der Waals surface area contributed by atoms with Gasteiger partial charge in [-0.05, 0) is 59.0 Å². The topological polar surface area (TPSA) is 111 Å². The Morgan fingerprint density at radius 1 is 1.14 bits per heavy atom. The second kappa shape index (κ2) is 6.87. The van der Waals surface area contributed by atoms with Crippen LogP contribution in [0.2, 0.25) is 0 Å². The molecule has 1 saturated carbocycles. The van der Waals surface area contributed by atoms with Crippen molar-refractivity contribution in [2.45, 2.75) is 12.8 Å². The molecule has 1 heterocycles. The molecule has 8 heteroatoms. The molecule has 0 radical (unpaired) electrons. The average molecular weight is 445 g/mol. The molecule has 7 nitrogen and oxygen atoms in total. The normalized spacial score (nSPS) is 16.2. The van der Waals surface area contributed by atoms with E-state index in [1.165, 1.54) is 30.5 Å². The van der Waals surface area contributed by atoms with Crippen LogP contribution in [0.15, 0.2) is 40.5 Å². The summed E-state index contributed by atoms with van der Waals surface area (Å²) in [4.78, 5) is 48.5. The van der Waals surface area contributed by atoms with Gasteiger partial charge < -0.3 is 14.3 Å². The Kier molecular flexibility index (Phi) is 4.50. The molecule has 1 aromatic heterocycles. The molecule has 2 aliphatic rings. The number of ketones is 3. The number of furan rings is 1. The van der Waals surface area contributed by atoms with E-state index >= 15 is 0 Å². The molecule has 1 fully saturated rings. The van der Waals surface area contributed by atoms with Gasteiger partial charge in [-0.1, -0.05) is 0 Å². The molecule has 1 N–H and O–H groups in total. The number of fused-ring (bicyclic) bond motifs is 1. The SMILES string of the molecule is O=C(O)COc1ccc(C(=O)c2coc3c2C(=O)C(=O)C(C2CC2)=C3Br)cc1. The van der Waals surface area contributed by atoms with E-state index in [0.29, 0.717) is 15.8 Å². The van der Waals surface area contributed by atoms with Gasteiger partial charge in [-0.25, -0.2) is 4.79 Å². The van der Waals surface area contributed by atoms with Gasteiger partial charge in [0.25, 0.3) is 0 Å². The van der Waals surface area contributed by atoms with Gasteiger partial charge in [-0.15, -0.1) is 0 Å². The Hall–Kier alpha value is -3.00. The lowest BCUT2D eigenvalue weighted by molar-refractivity contribution is -0.139. The Morgan fingerprint density at radius 3 is 2.43 bits per heavy atom. The molecule has 0 aliphatic heterocycles. The van der Waals surface area contributed by atoms with Crippen molar-refractivity contribution in [1.82, 2.24) is 0 Å². The number of benzene rings is 1. The smallest absolute Gasteiger partial charge is 0.341 e. The van der Waals surface area contributed by atoms with Crippen molar-refractivity contribution in [3.05, 3.63) is 58.6 Å². The summed E-state index contributed by atoms with van der Waals surface area (Å²) >= 11 is 3.36. The van der Waals surface area contributed by atoms with E-state index in [9.17, 15) is 19.2 Å². The van der Waals surface area contributed by atoms with Gasteiger partial charge in [0, 0.05) is 11.1 Å². The van der Waals surface area contributed by atoms with E-state index in [1.54, 1.807) is 0 Å². The summed E-state index contributed by atoms with van der Waals surface area (Å²) in [6.07, 6.45) is 2.88. The molecule has 0 bridgehead atoms. The predicted molar refractivity (Wildman–Crippen MR) is 99.6 cm³/mol. The Morgan fingerprint density at radius 2 is 1.82 bits per heavy atom. The molecule has 0 atom stereocenters. The first-order chi connectivity index (χ1) is 13.4. The number of hydrogen-bond donors (Lipinski definition) is 1. The number of ether oxygens (including phenoxy) is 1. The molecule has 2 aromatic rings. The number of allylic oxidation sites excluding steroid dienone is 1. The Balaban J connectivity index is 1.66. The van der Waals surface area contributed by atoms with E-state index < -0.39 is 29.9 Å². The molecular formula is C20H13BrO7. The first-order valence-corrected chi connectivity index (χ1v) is 9.27. The highest BCUT2D eigenvalue weighted by Crippen LogP contribution is 2.47. The number of carboxylic acids is 1. The maximum absolute atomic E-state index is 12.9. The van der Waals surface area contributed by atoms with Gasteiger partial charge >= 0.3 is 5.97 Å². The standard InChI is InChI=1S/C20H13BrO7/c21-16-14(9-1-2-9)18(25)19(26)15-12(7-28-20(15)16)17(24)10-3-5-11(6-4-10)27-8-13(22)23/h3-7,9H,1-2,8H2,(H,22,23). The Bertz CT molecular complexity index is 1050. The zero-order valence-electron chi connectivity index (χ0n) is 14.4. The summed E-state index contributed by atoms with van der Waals surface area (Å²) in [6.45, 7) is -0.497. The fraction of sp³-hybridized carbons (Fsp3) is 0.200. The van der Waals surface area contributed by atoms with Crippen molar-refractivity contribution in [3.8, 4) is 5.75 Å². The largest absolute Gasteiger partial charge is 0.482 e. The number of halogens is 1. The molecule has 28 heavy (non-hydrogen) atoms. The highest BCUT2D eigenvalue weighted by molar-refractivity contribution is 9.15. The highest BCUT2D eigenvalue weighted by atomic mass is 79.9. The van der Waals surface area contributed by atoms with Crippen LogP contribution < -0.4 is 4.74 Å². The van der Waals surface area contributed by atoms with E-state index in [-0.39, 0.29) is 28.4 Å². The first-order valence-electron chi connectivity index (χ1n) is 8.48. The molecule has 0 spiro atoms. The molecule has 2 aliphatic carbocycles. The number of carbonyl (C=O) groups is 4. The fourth-order valence-electron chi connectivity index (χ4n) is 3.11. The van der Waals surface area contributed by atoms with Crippen LogP contribution in [0, 0.1) is 5.92 Å². The maximum atomic E-state index is 12.9. The minimum Gasteiger partial charge on any atom is -0.482 e. The third-order valence-corrected chi connectivity index (χ3v) is 5.40. The molecule has 1 aromatic carbocycles. The van der Waals surface area contributed by atoms with Gasteiger partial charge in [-0.3, -0.25) is 14.4 Å². The van der Waals surface area contributed by atoms with E-state index in [4.69, 9.17) is 14.3 Å². The molecule has 4 rings (SSSR count). The Labute approximate surface area is 167 Å². The minimum atomic E-state index is -1.11. The van der Waals surface area contributed by atoms with Crippen LogP contribution in [-0.2, 0) is 9.59 Å². The monoisotopic (exact) mass is 444 g/mol. The van der Waals surface area contributed by atoms with Crippen LogP contribution in [0.5, 0.6) is 5.75 Å². The summed E-state index contributed by atoms with van der Waals surface area (Å²) in [5.74, 6) is -2.38. The zero-order chi connectivity index (χ0) is 20.0. The van der Waals surface area contributed by atoms with Crippen LogP contribution in [0.4, 0.5) is 0 Å². The summed E-state index contributed by atoms with van der Waals surface area (Å²) in [6, 6.07) is 5.82. The number of rotatable bonds is 6. The average Bonchev–Trinajstić information content (AvgIpc) is 3.41. The second-order valence-electron chi connectivity index (χ2n) is 6.55. The first kappa shape index (κ1) is 18.4. The van der Waals surface area contributed by atoms with Crippen molar-refractivity contribution in [3.63, 3.8) is 0 Å². The third kappa shape index (κ3) is 3.09. The number of Topliss-reactive ketones (excluding diaryl/α,β-unsaturated/α-hetero) is 2. The van der Waals surface area contributed by atoms with E-state index in [2.05, 4.69) is 15.9 Å². The summed E-state index contributed by atoms with van der Waals surface area (Å²) in [5, 5.41) is 8.62. The summed E-state index contributed by atoms with van der Waals surface area (Å²) < 4.78 is 10.9. The third-order valence-electron chi connectivity index (χ3n) is 4.61. The van der Waals surface area contributed by atoms with Crippen molar-refractivity contribution in [1.29, 1.82) is 0 Å². The van der Waals surface area contributed by atoms with Gasteiger partial charge in [0.05, 0.1) is 15.6 Å². The van der Waals surface area contributed by atoms with Crippen LogP contribution in [0.1, 0.15) is 44.9 Å². The van der Waals surface area contributed by atoms with Crippen molar-refractivity contribution >= 4 is 43.7 Å². The van der Waals surface area contributed by atoms with Crippen LogP contribution in [0.3, 0.4) is 0 Å². The van der Waals surface area contributed by atoms with Crippen LogP contribution in [0.25, 0.3) is 4.48 Å². The van der Waals surface area contributed by atoms with Crippen molar-refractivity contribution in [2.75, 3.05) is 6.61 Å². The van der Waals surface area contributed by atoms with Gasteiger partial charge in [0.15, 0.2) is 18.2 Å². The van der Waals surface area contributed by atoms with Gasteiger partial charge in [0.2, 0.25) is 11.6 Å². The molecular weight excluding hydrogens is 432 g/mol. The highest BCUT2D eigenvalue weighted by Gasteiger charge is 2.43.